The van der Waals surface area contributed by atoms with Gasteiger partial charge in [-0.25, -0.2) is 0 Å². The lowest BCUT2D eigenvalue weighted by molar-refractivity contribution is -0.390. The average molecular weight is 238 g/mol. The first-order valence-corrected chi connectivity index (χ1v) is 5.55. The number of aromatic nitrogens is 1. The molecule has 0 aromatic carbocycles. The van der Waals surface area contributed by atoms with Crippen molar-refractivity contribution in [3.05, 3.63) is 28.4 Å². The third-order valence-electron chi connectivity index (χ3n) is 2.95. The Morgan fingerprint density at radius 1 is 1.53 bits per heavy atom. The van der Waals surface area contributed by atoms with Gasteiger partial charge in [0.1, 0.15) is 12.8 Å². The van der Waals surface area contributed by atoms with Crippen molar-refractivity contribution >= 4 is 5.82 Å². The molecule has 0 spiro atoms. The minimum Gasteiger partial charge on any atom is -0.483 e. The third-order valence-corrected chi connectivity index (χ3v) is 2.95. The van der Waals surface area contributed by atoms with E-state index in [1.165, 1.54) is 12.3 Å². The number of aliphatic hydroxyl groups is 1. The molecule has 6 heteroatoms. The number of hydrogen-bond donors (Lipinski definition) is 1. The van der Waals surface area contributed by atoms with Crippen LogP contribution >= 0.6 is 0 Å². The molecule has 0 atom stereocenters. The SMILES string of the molecule is O=[N+]([O-])c1ncccc1OCC1(O)CCCC1. The maximum atomic E-state index is 10.7. The van der Waals surface area contributed by atoms with Gasteiger partial charge in [-0.2, -0.15) is 0 Å². The number of rotatable bonds is 4. The first-order valence-electron chi connectivity index (χ1n) is 5.55. The van der Waals surface area contributed by atoms with Gasteiger partial charge in [0.05, 0.1) is 5.60 Å². The molecule has 1 aromatic rings. The highest BCUT2D eigenvalue weighted by Crippen LogP contribution is 2.31. The van der Waals surface area contributed by atoms with Crippen molar-refractivity contribution in [2.75, 3.05) is 6.61 Å². The van der Waals surface area contributed by atoms with Crippen LogP contribution in [0.3, 0.4) is 0 Å². The van der Waals surface area contributed by atoms with E-state index in [9.17, 15) is 15.2 Å². The van der Waals surface area contributed by atoms with Crippen molar-refractivity contribution in [1.82, 2.24) is 4.98 Å². The van der Waals surface area contributed by atoms with Gasteiger partial charge in [-0.05, 0) is 34.9 Å². The van der Waals surface area contributed by atoms with Crippen molar-refractivity contribution in [2.45, 2.75) is 31.3 Å². The van der Waals surface area contributed by atoms with E-state index in [1.54, 1.807) is 6.07 Å². The first-order chi connectivity index (χ1) is 8.11. The van der Waals surface area contributed by atoms with Crippen molar-refractivity contribution in [3.8, 4) is 5.75 Å². The van der Waals surface area contributed by atoms with Crippen molar-refractivity contribution in [2.24, 2.45) is 0 Å². The number of nitro groups is 1. The Balaban J connectivity index is 2.06. The average Bonchev–Trinajstić information content (AvgIpc) is 2.74. The van der Waals surface area contributed by atoms with Gasteiger partial charge in [0.25, 0.3) is 0 Å². The molecule has 6 nitrogen and oxygen atoms in total. The summed E-state index contributed by atoms with van der Waals surface area (Å²) in [5, 5.41) is 20.8. The largest absolute Gasteiger partial charge is 0.483 e. The van der Waals surface area contributed by atoms with E-state index in [2.05, 4.69) is 4.98 Å². The van der Waals surface area contributed by atoms with Gasteiger partial charge < -0.3 is 20.0 Å². The zero-order valence-corrected chi connectivity index (χ0v) is 9.33. The lowest BCUT2D eigenvalue weighted by atomic mass is 10.0. The van der Waals surface area contributed by atoms with Crippen LogP contribution in [0.4, 0.5) is 5.82 Å². The lowest BCUT2D eigenvalue weighted by Gasteiger charge is -2.21. The van der Waals surface area contributed by atoms with Gasteiger partial charge in [0.2, 0.25) is 5.75 Å². The highest BCUT2D eigenvalue weighted by molar-refractivity contribution is 5.38. The highest BCUT2D eigenvalue weighted by Gasteiger charge is 2.32. The predicted molar refractivity (Wildman–Crippen MR) is 59.8 cm³/mol. The van der Waals surface area contributed by atoms with Crippen molar-refractivity contribution in [3.63, 3.8) is 0 Å². The smallest absolute Gasteiger partial charge is 0.406 e. The quantitative estimate of drug-likeness (QED) is 0.637. The van der Waals surface area contributed by atoms with Crippen LogP contribution in [0.25, 0.3) is 0 Å². The Labute approximate surface area is 98.4 Å². The molecule has 1 saturated carbocycles. The second-order valence-electron chi connectivity index (χ2n) is 4.30. The summed E-state index contributed by atoms with van der Waals surface area (Å²) in [6, 6.07) is 3.06. The molecule has 2 rings (SSSR count). The molecule has 0 unspecified atom stereocenters. The van der Waals surface area contributed by atoms with Crippen LogP contribution < -0.4 is 4.74 Å². The molecular formula is C11H14N2O4. The van der Waals surface area contributed by atoms with Gasteiger partial charge in [-0.1, -0.05) is 12.8 Å². The number of ether oxygens (including phenoxy) is 1. The first kappa shape index (κ1) is 11.8. The maximum Gasteiger partial charge on any atom is 0.406 e. The minimum atomic E-state index is -0.844. The van der Waals surface area contributed by atoms with Crippen molar-refractivity contribution in [1.29, 1.82) is 0 Å². The second kappa shape index (κ2) is 4.67. The maximum absolute atomic E-state index is 10.7. The molecule has 0 bridgehead atoms. The summed E-state index contributed by atoms with van der Waals surface area (Å²) in [4.78, 5) is 13.7. The van der Waals surface area contributed by atoms with E-state index in [-0.39, 0.29) is 18.2 Å². The molecule has 1 fully saturated rings. The predicted octanol–water partition coefficient (Wildman–Crippen LogP) is 1.67. The summed E-state index contributed by atoms with van der Waals surface area (Å²) in [7, 11) is 0. The molecule has 1 aromatic heterocycles. The van der Waals surface area contributed by atoms with Gasteiger partial charge in [0, 0.05) is 0 Å². The molecule has 1 heterocycles. The molecule has 0 aliphatic heterocycles. The number of pyridine rings is 1. The fraction of sp³-hybridized carbons (Fsp3) is 0.545. The van der Waals surface area contributed by atoms with Gasteiger partial charge in [0.15, 0.2) is 0 Å². The number of hydrogen-bond acceptors (Lipinski definition) is 5. The van der Waals surface area contributed by atoms with Crippen LogP contribution in [-0.4, -0.2) is 27.2 Å². The van der Waals surface area contributed by atoms with E-state index in [0.29, 0.717) is 12.8 Å². The molecule has 0 saturated heterocycles. The second-order valence-corrected chi connectivity index (χ2v) is 4.30. The van der Waals surface area contributed by atoms with E-state index in [1.807, 2.05) is 0 Å². The zero-order chi connectivity index (χ0) is 12.3. The summed E-state index contributed by atoms with van der Waals surface area (Å²) in [6.07, 6.45) is 4.64. The topological polar surface area (TPSA) is 85.5 Å². The fourth-order valence-electron chi connectivity index (χ4n) is 2.02. The molecule has 0 amide bonds. The summed E-state index contributed by atoms with van der Waals surface area (Å²) < 4.78 is 5.33. The Kier molecular flexibility index (Phi) is 3.23. The fourth-order valence-corrected chi connectivity index (χ4v) is 2.02. The zero-order valence-electron chi connectivity index (χ0n) is 9.33. The molecule has 92 valence electrons. The normalized spacial score (nSPS) is 17.9. The lowest BCUT2D eigenvalue weighted by Crippen LogP contribution is -2.32. The van der Waals surface area contributed by atoms with Gasteiger partial charge in [-0.3, -0.25) is 0 Å². The van der Waals surface area contributed by atoms with E-state index >= 15 is 0 Å². The molecule has 1 N–H and O–H groups in total. The highest BCUT2D eigenvalue weighted by atomic mass is 16.6. The Morgan fingerprint density at radius 3 is 2.88 bits per heavy atom. The third kappa shape index (κ3) is 2.71. The summed E-state index contributed by atoms with van der Waals surface area (Å²) in [5.74, 6) is -0.202. The monoisotopic (exact) mass is 238 g/mol. The van der Waals surface area contributed by atoms with Crippen LogP contribution in [0.2, 0.25) is 0 Å². The van der Waals surface area contributed by atoms with Crippen molar-refractivity contribution < 1.29 is 14.8 Å². The Bertz CT molecular complexity index is 416. The molecule has 1 aliphatic carbocycles. The van der Waals surface area contributed by atoms with Crippen LogP contribution in [0.15, 0.2) is 18.3 Å². The minimum absolute atomic E-state index is 0.0829. The molecule has 1 aliphatic rings. The molecular weight excluding hydrogens is 224 g/mol. The van der Waals surface area contributed by atoms with E-state index < -0.39 is 10.5 Å². The molecule has 17 heavy (non-hydrogen) atoms. The molecule has 0 radical (unpaired) electrons. The number of nitrogens with zero attached hydrogens (tertiary/aromatic N) is 2. The summed E-state index contributed by atoms with van der Waals surface area (Å²) >= 11 is 0. The van der Waals surface area contributed by atoms with E-state index in [4.69, 9.17) is 4.74 Å². The van der Waals surface area contributed by atoms with Crippen LogP contribution in [-0.2, 0) is 0 Å². The van der Waals surface area contributed by atoms with Gasteiger partial charge in [-0.15, -0.1) is 0 Å². The van der Waals surface area contributed by atoms with Crippen LogP contribution in [0.5, 0.6) is 5.75 Å². The van der Waals surface area contributed by atoms with Crippen LogP contribution in [0, 0.1) is 10.1 Å². The Hall–Kier alpha value is -1.69. The summed E-state index contributed by atoms with van der Waals surface area (Å²) in [5.41, 5.74) is -0.844. The van der Waals surface area contributed by atoms with Gasteiger partial charge >= 0.3 is 5.82 Å². The standard InChI is InChI=1S/C11H14N2O4/c14-11(5-1-2-6-11)8-17-9-4-3-7-12-10(9)13(15)16/h3-4,7,14H,1-2,5-6,8H2. The van der Waals surface area contributed by atoms with E-state index in [0.717, 1.165) is 12.8 Å². The van der Waals surface area contributed by atoms with Crippen LogP contribution in [0.1, 0.15) is 25.7 Å². The Morgan fingerprint density at radius 2 is 2.24 bits per heavy atom. The summed E-state index contributed by atoms with van der Waals surface area (Å²) in [6.45, 7) is 0.0829.